The third-order valence-corrected chi connectivity index (χ3v) is 1.04. The fourth-order valence-electron chi connectivity index (χ4n) is 0.548. The summed E-state index contributed by atoms with van der Waals surface area (Å²) >= 11 is 0. The molecule has 0 aliphatic heterocycles. The molecule has 0 aromatic carbocycles. The van der Waals surface area contributed by atoms with Gasteiger partial charge in [0.1, 0.15) is 6.61 Å². The van der Waals surface area contributed by atoms with Crippen molar-refractivity contribution in [3.63, 3.8) is 0 Å². The Bertz CT molecular complexity index is 500. The van der Waals surface area contributed by atoms with Gasteiger partial charge >= 0.3 is 17.9 Å². The van der Waals surface area contributed by atoms with Crippen LogP contribution in [0.25, 0.3) is 0 Å². The van der Waals surface area contributed by atoms with Gasteiger partial charge in [-0.15, -0.1) is 13.2 Å². The molecular formula is C16H34N2O15. The van der Waals surface area contributed by atoms with E-state index in [9.17, 15) is 14.4 Å². The van der Waals surface area contributed by atoms with Crippen LogP contribution in [0, 0.1) is 0 Å². The van der Waals surface area contributed by atoms with Crippen LogP contribution in [-0.4, -0.2) is 90.2 Å². The first-order chi connectivity index (χ1) is 13.9. The summed E-state index contributed by atoms with van der Waals surface area (Å²) in [6, 6.07) is 0. The molecule has 0 rings (SSSR count). The van der Waals surface area contributed by atoms with Crippen molar-refractivity contribution in [2.75, 3.05) is 6.61 Å². The Kier molecular flexibility index (Phi) is 60.1. The Morgan fingerprint density at radius 3 is 0.939 bits per heavy atom. The maximum Gasteiger partial charge on any atom is 0.333 e. The zero-order chi connectivity index (χ0) is 26.7. The summed E-state index contributed by atoms with van der Waals surface area (Å²) in [5, 5.41) is 54.3. The maximum absolute atomic E-state index is 10.3. The van der Waals surface area contributed by atoms with E-state index in [1.54, 1.807) is 0 Å². The minimum Gasteiger partial charge on any atom is -0.481 e. The quantitative estimate of drug-likeness (QED) is 0.227. The van der Waals surface area contributed by atoms with Crippen LogP contribution >= 0.6 is 0 Å². The Balaban J connectivity index is -0.0000000436. The Hall–Kier alpha value is -4.09. The number of hydrogen-bond donors (Lipinski definition) is 9. The van der Waals surface area contributed by atoms with Gasteiger partial charge in [0.2, 0.25) is 0 Å². The summed E-state index contributed by atoms with van der Waals surface area (Å²) in [7, 11) is 0. The van der Waals surface area contributed by atoms with E-state index in [4.69, 9.17) is 54.9 Å². The zero-order valence-corrected chi connectivity index (χ0v) is 18.7. The number of carbonyl (C=O) groups is 7. The number of hydrogen-bond acceptors (Lipinski definition) is 10. The summed E-state index contributed by atoms with van der Waals surface area (Å²) in [4.78, 5) is 66.3. The number of rotatable bonds is 6. The SMILES string of the molecule is C=C.CC(=O)O.CC(=O)O.CC(=O)O.CC(=O)O.N.N.O=C(O)COC(CC(=O)O)C(=O)O. The number of carboxylic acid groups (broad SMARTS) is 7. The van der Waals surface area contributed by atoms with E-state index in [-0.39, 0.29) is 12.3 Å². The van der Waals surface area contributed by atoms with E-state index in [2.05, 4.69) is 17.9 Å². The van der Waals surface area contributed by atoms with E-state index >= 15 is 0 Å². The van der Waals surface area contributed by atoms with Crippen LogP contribution in [-0.2, 0) is 38.3 Å². The van der Waals surface area contributed by atoms with Crippen LogP contribution in [0.15, 0.2) is 13.2 Å². The van der Waals surface area contributed by atoms with Crippen LogP contribution in [0.2, 0.25) is 0 Å². The van der Waals surface area contributed by atoms with Gasteiger partial charge in [0.25, 0.3) is 23.9 Å². The fourth-order valence-corrected chi connectivity index (χ4v) is 0.548. The molecule has 0 amide bonds. The minimum atomic E-state index is -1.62. The molecule has 0 aliphatic rings. The summed E-state index contributed by atoms with van der Waals surface area (Å²) in [5.41, 5.74) is 0. The third kappa shape index (κ3) is 236. The van der Waals surface area contributed by atoms with Crippen LogP contribution in [0.1, 0.15) is 34.1 Å². The topological polar surface area (TPSA) is 340 Å². The van der Waals surface area contributed by atoms with Gasteiger partial charge in [-0.3, -0.25) is 24.0 Å². The van der Waals surface area contributed by atoms with Gasteiger partial charge in [-0.25, -0.2) is 9.59 Å². The fraction of sp³-hybridized carbons (Fsp3) is 0.438. The highest BCUT2D eigenvalue weighted by molar-refractivity contribution is 5.80. The average Bonchev–Trinajstić information content (AvgIpc) is 2.50. The molecule has 17 nitrogen and oxygen atoms in total. The lowest BCUT2D eigenvalue weighted by Crippen LogP contribution is -2.29. The highest BCUT2D eigenvalue weighted by atomic mass is 16.5. The van der Waals surface area contributed by atoms with Gasteiger partial charge in [-0.05, 0) is 0 Å². The van der Waals surface area contributed by atoms with Gasteiger partial charge in [-0.2, -0.15) is 0 Å². The molecule has 0 aromatic heterocycles. The first-order valence-corrected chi connectivity index (χ1v) is 7.42. The van der Waals surface area contributed by atoms with Crippen molar-refractivity contribution in [1.29, 1.82) is 0 Å². The average molecular weight is 494 g/mol. The lowest BCUT2D eigenvalue weighted by atomic mass is 10.2. The first-order valence-electron chi connectivity index (χ1n) is 7.42. The molecule has 0 fully saturated rings. The first kappa shape index (κ1) is 51.5. The summed E-state index contributed by atoms with van der Waals surface area (Å²) < 4.78 is 4.30. The highest BCUT2D eigenvalue weighted by Gasteiger charge is 2.22. The monoisotopic (exact) mass is 494 g/mol. The molecule has 0 bridgehead atoms. The lowest BCUT2D eigenvalue weighted by Gasteiger charge is -2.08. The second-order valence-electron chi connectivity index (χ2n) is 4.21. The predicted octanol–water partition coefficient (Wildman–Crippen LogP) is 0.505. The molecule has 33 heavy (non-hydrogen) atoms. The van der Waals surface area contributed by atoms with Crippen LogP contribution in [0.4, 0.5) is 0 Å². The van der Waals surface area contributed by atoms with Crippen molar-refractivity contribution < 1.29 is 74.0 Å². The van der Waals surface area contributed by atoms with E-state index in [0.29, 0.717) is 0 Å². The van der Waals surface area contributed by atoms with E-state index in [1.807, 2.05) is 0 Å². The molecule has 0 spiro atoms. The van der Waals surface area contributed by atoms with Crippen molar-refractivity contribution in [3.05, 3.63) is 13.2 Å². The molecule has 0 aliphatic carbocycles. The van der Waals surface area contributed by atoms with Gasteiger partial charge in [0, 0.05) is 27.7 Å². The Morgan fingerprint density at radius 2 is 0.818 bits per heavy atom. The van der Waals surface area contributed by atoms with Crippen LogP contribution in [0.3, 0.4) is 0 Å². The van der Waals surface area contributed by atoms with Crippen molar-refractivity contribution in [2.24, 2.45) is 0 Å². The Morgan fingerprint density at radius 1 is 0.606 bits per heavy atom. The molecule has 1 unspecified atom stereocenters. The van der Waals surface area contributed by atoms with Crippen molar-refractivity contribution in [1.82, 2.24) is 12.3 Å². The molecule has 0 saturated heterocycles. The number of ether oxygens (including phenoxy) is 1. The van der Waals surface area contributed by atoms with Gasteiger partial charge in [0.15, 0.2) is 6.10 Å². The van der Waals surface area contributed by atoms with E-state index < -0.39 is 60.9 Å². The smallest absolute Gasteiger partial charge is 0.333 e. The maximum atomic E-state index is 10.3. The Labute approximate surface area is 189 Å². The van der Waals surface area contributed by atoms with Crippen molar-refractivity contribution >= 4 is 41.8 Å². The largest absolute Gasteiger partial charge is 0.481 e. The predicted molar refractivity (Wildman–Crippen MR) is 112 cm³/mol. The molecule has 198 valence electrons. The third-order valence-electron chi connectivity index (χ3n) is 1.04. The molecule has 0 radical (unpaired) electrons. The molecule has 0 saturated carbocycles. The normalized spacial score (nSPS) is 7.88. The van der Waals surface area contributed by atoms with Crippen molar-refractivity contribution in [2.45, 2.75) is 40.2 Å². The molecule has 0 heterocycles. The summed E-state index contributed by atoms with van der Waals surface area (Å²) in [6.45, 7) is 9.50. The molecule has 17 heteroatoms. The van der Waals surface area contributed by atoms with Crippen LogP contribution < -0.4 is 12.3 Å². The minimum absolute atomic E-state index is 0. The summed E-state index contributed by atoms with van der Waals surface area (Å²) in [6.07, 6.45) is -2.38. The highest BCUT2D eigenvalue weighted by Crippen LogP contribution is 1.98. The second kappa shape index (κ2) is 38.5. The molecular weight excluding hydrogens is 460 g/mol. The molecule has 0 aromatic rings. The standard InChI is InChI=1S/C6H8O7.4C2H4O2.C2H4.2H3N/c7-4(8)1-3(6(11)12)13-2-5(9)10;4*1-2(3)4;1-2;;/h3H,1-2H2,(H,7,8)(H,9,10)(H,11,12);4*1H3,(H,3,4);1-2H2;2*1H3. The van der Waals surface area contributed by atoms with Gasteiger partial charge in [-0.1, -0.05) is 0 Å². The van der Waals surface area contributed by atoms with Crippen LogP contribution in [0.5, 0.6) is 0 Å². The number of aliphatic carboxylic acids is 7. The molecule has 13 N–H and O–H groups in total. The van der Waals surface area contributed by atoms with E-state index in [1.165, 1.54) is 0 Å². The lowest BCUT2D eigenvalue weighted by molar-refractivity contribution is -0.161. The van der Waals surface area contributed by atoms with Gasteiger partial charge in [0.05, 0.1) is 6.42 Å². The van der Waals surface area contributed by atoms with Crippen molar-refractivity contribution in [3.8, 4) is 0 Å². The molecule has 1 atom stereocenters. The summed E-state index contributed by atoms with van der Waals surface area (Å²) in [5.74, 6) is -7.54. The van der Waals surface area contributed by atoms with Gasteiger partial charge < -0.3 is 52.8 Å². The second-order valence-corrected chi connectivity index (χ2v) is 4.21. The van der Waals surface area contributed by atoms with E-state index in [0.717, 1.165) is 27.7 Å². The zero-order valence-electron chi connectivity index (χ0n) is 18.7. The number of carboxylic acids is 7.